The molecule has 16 heteroatoms. The molecule has 0 saturated carbocycles. The molecule has 1 aliphatic heterocycles. The molecule has 0 atom stereocenters. The summed E-state index contributed by atoms with van der Waals surface area (Å²) in [6, 6.07) is 10.6. The van der Waals surface area contributed by atoms with Crippen LogP contribution in [0.5, 0.6) is 0 Å². The highest BCUT2D eigenvalue weighted by atomic mass is 16.5. The lowest BCUT2D eigenvalue weighted by atomic mass is 9.99. The minimum absolute atomic E-state index is 0. The van der Waals surface area contributed by atoms with Crippen molar-refractivity contribution in [3.63, 3.8) is 0 Å². The summed E-state index contributed by atoms with van der Waals surface area (Å²) in [5.74, 6) is -2.08. The number of pyridine rings is 2. The number of likely N-dealkylation sites (tertiary alicyclic amines) is 1. The number of esters is 2. The number of amides is 1. The van der Waals surface area contributed by atoms with Gasteiger partial charge in [0.1, 0.15) is 11.1 Å². The number of ether oxygens (including phenoxy) is 2. The van der Waals surface area contributed by atoms with Gasteiger partial charge in [0.2, 0.25) is 10.9 Å². The minimum Gasteiger partial charge on any atom is -0.478 e. The Balaban J connectivity index is 0.000000245. The van der Waals surface area contributed by atoms with E-state index in [9.17, 15) is 33.9 Å². The third-order valence-electron chi connectivity index (χ3n) is 11.2. The number of carbonyl (C=O) groups is 4. The predicted molar refractivity (Wildman–Crippen MR) is 254 cm³/mol. The van der Waals surface area contributed by atoms with Gasteiger partial charge in [-0.15, -0.1) is 0 Å². The molecule has 6 aromatic rings. The lowest BCUT2D eigenvalue weighted by Crippen LogP contribution is -2.42. The Labute approximate surface area is 384 Å². The Bertz CT molecular complexity index is 2930. The molecule has 1 saturated heterocycles. The van der Waals surface area contributed by atoms with Gasteiger partial charge in [0.05, 0.1) is 54.3 Å². The number of carboxylic acid groups (broad SMARTS) is 1. The van der Waals surface area contributed by atoms with Gasteiger partial charge in [-0.05, 0) is 107 Å². The van der Waals surface area contributed by atoms with Crippen LogP contribution in [0.1, 0.15) is 131 Å². The summed E-state index contributed by atoms with van der Waals surface area (Å²) in [6.07, 6.45) is 4.07. The summed E-state index contributed by atoms with van der Waals surface area (Å²) >= 11 is 0. The average Bonchev–Trinajstić information content (AvgIpc) is 3.71. The topological polar surface area (TPSA) is 190 Å². The molecule has 0 unspecified atom stereocenters. The Morgan fingerprint density at radius 1 is 0.636 bits per heavy atom. The van der Waals surface area contributed by atoms with E-state index < -0.39 is 28.8 Å². The van der Waals surface area contributed by atoms with Crippen LogP contribution in [0.15, 0.2) is 58.4 Å². The van der Waals surface area contributed by atoms with Crippen molar-refractivity contribution in [3.8, 4) is 0 Å². The van der Waals surface area contributed by atoms with Crippen molar-refractivity contribution in [2.75, 3.05) is 26.3 Å². The number of aryl methyl sites for hydroxylation is 4. The van der Waals surface area contributed by atoms with Crippen molar-refractivity contribution in [1.82, 2.24) is 33.6 Å². The van der Waals surface area contributed by atoms with Gasteiger partial charge in [-0.2, -0.15) is 10.2 Å². The number of aromatic nitrogens is 6. The van der Waals surface area contributed by atoms with E-state index in [4.69, 9.17) is 9.47 Å². The first-order valence-electron chi connectivity index (χ1n) is 22.1. The highest BCUT2D eigenvalue weighted by molar-refractivity contribution is 6.02. The number of rotatable bonds is 14. The fourth-order valence-electron chi connectivity index (χ4n) is 8.10. The molecule has 1 aliphatic rings. The number of fused-ring (bicyclic) bond motifs is 2. The first-order valence-corrected chi connectivity index (χ1v) is 22.1. The largest absolute Gasteiger partial charge is 0.478 e. The van der Waals surface area contributed by atoms with Crippen LogP contribution < -0.4 is 10.9 Å². The van der Waals surface area contributed by atoms with E-state index in [2.05, 4.69) is 24.0 Å². The van der Waals surface area contributed by atoms with Gasteiger partial charge in [0.15, 0.2) is 0 Å². The maximum atomic E-state index is 13.4. The van der Waals surface area contributed by atoms with Crippen LogP contribution in [0, 0.1) is 39.5 Å². The van der Waals surface area contributed by atoms with E-state index in [1.165, 1.54) is 12.3 Å². The van der Waals surface area contributed by atoms with Crippen LogP contribution in [0.2, 0.25) is 0 Å². The van der Waals surface area contributed by atoms with Crippen molar-refractivity contribution in [1.29, 1.82) is 0 Å². The van der Waals surface area contributed by atoms with Crippen molar-refractivity contribution in [2.45, 2.75) is 109 Å². The van der Waals surface area contributed by atoms with Gasteiger partial charge >= 0.3 is 17.9 Å². The van der Waals surface area contributed by atoms with E-state index >= 15 is 0 Å². The van der Waals surface area contributed by atoms with Crippen molar-refractivity contribution >= 4 is 45.6 Å². The quantitative estimate of drug-likeness (QED) is 0.106. The summed E-state index contributed by atoms with van der Waals surface area (Å²) in [5.41, 5.74) is 5.70. The molecular weight excluding hydrogens is 843 g/mol. The number of carboxylic acids is 1. The van der Waals surface area contributed by atoms with E-state index in [-0.39, 0.29) is 67.0 Å². The van der Waals surface area contributed by atoms with E-state index in [0.29, 0.717) is 60.3 Å². The normalized spacial score (nSPS) is 12.2. The van der Waals surface area contributed by atoms with Crippen LogP contribution in [0.3, 0.4) is 0 Å². The van der Waals surface area contributed by atoms with Crippen molar-refractivity contribution < 1.29 is 33.8 Å². The number of benzene rings is 2. The molecule has 1 amide bonds. The van der Waals surface area contributed by atoms with Crippen molar-refractivity contribution in [3.05, 3.63) is 125 Å². The summed E-state index contributed by atoms with van der Waals surface area (Å²) in [7, 11) is 0. The molecule has 4 aromatic heterocycles. The number of aromatic carboxylic acids is 1. The number of hydrogen-bond donors (Lipinski definition) is 1. The van der Waals surface area contributed by atoms with Crippen LogP contribution in [0.25, 0.3) is 21.8 Å². The Morgan fingerprint density at radius 2 is 1.05 bits per heavy atom. The first kappa shape index (κ1) is 50.2. The zero-order valence-electron chi connectivity index (χ0n) is 39.0. The molecule has 0 aliphatic carbocycles. The zero-order chi connectivity index (χ0) is 47.4. The van der Waals surface area contributed by atoms with Gasteiger partial charge in [-0.3, -0.25) is 23.7 Å². The molecule has 66 heavy (non-hydrogen) atoms. The number of hydrogen-bond acceptors (Lipinski definition) is 10. The maximum Gasteiger partial charge on any atom is 0.343 e. The van der Waals surface area contributed by atoms with E-state index in [1.807, 2.05) is 73.6 Å². The smallest absolute Gasteiger partial charge is 0.343 e. The van der Waals surface area contributed by atoms with Gasteiger partial charge in [-0.1, -0.05) is 35.1 Å². The Morgan fingerprint density at radius 3 is 1.38 bits per heavy atom. The molecular formula is C50H63N7O9. The van der Waals surface area contributed by atoms with Gasteiger partial charge in [-0.25, -0.2) is 14.4 Å². The maximum absolute atomic E-state index is 13.4. The average molecular weight is 906 g/mol. The molecule has 7 rings (SSSR count). The molecule has 0 spiro atoms. The van der Waals surface area contributed by atoms with Crippen molar-refractivity contribution in [2.24, 2.45) is 11.8 Å². The van der Waals surface area contributed by atoms with E-state index in [0.717, 1.165) is 34.8 Å². The number of carbonyl (C=O) groups excluding carboxylic acids is 3. The fourth-order valence-corrected chi connectivity index (χ4v) is 8.10. The highest BCUT2D eigenvalue weighted by Crippen LogP contribution is 2.26. The molecule has 352 valence electrons. The van der Waals surface area contributed by atoms with Crippen LogP contribution in [-0.2, 0) is 35.7 Å². The fraction of sp³-hybridized carbons (Fsp3) is 0.440. The van der Waals surface area contributed by atoms with Gasteiger partial charge in [0, 0.05) is 66.3 Å². The minimum atomic E-state index is -1.14. The standard InChI is InChI=1S/C26H32N4O4.C23H27N3O5.CH4/c1-6-34-26(33)22-15-29(13-16(2)3)23-11-19(14-30-18(5)10-17(4)27-30)20(12-21(23)24(22)31)25(32)28-8-7-9-28;1-6-31-23(30)19-12-25(10-13(2)3)20-8-16(11-26-15(5)7-14(4)24-26)17(22(28)29)9-18(20)21(19)27;/h10-12,15-16H,6-9,13-14H2,1-5H3;7-9,12-13H,6,10-11H2,1-5H3,(H,28,29);1H4. The van der Waals surface area contributed by atoms with Gasteiger partial charge in [0.25, 0.3) is 5.91 Å². The molecule has 16 nitrogen and oxygen atoms in total. The van der Waals surface area contributed by atoms with Crippen LogP contribution in [0.4, 0.5) is 0 Å². The zero-order valence-corrected chi connectivity index (χ0v) is 39.0. The van der Waals surface area contributed by atoms with Gasteiger partial charge < -0.3 is 28.6 Å². The molecule has 0 bridgehead atoms. The summed E-state index contributed by atoms with van der Waals surface area (Å²) < 4.78 is 17.5. The molecule has 5 heterocycles. The van der Waals surface area contributed by atoms with Crippen LogP contribution >= 0.6 is 0 Å². The second-order valence-electron chi connectivity index (χ2n) is 17.5. The summed E-state index contributed by atoms with van der Waals surface area (Å²) in [6.45, 7) is 22.8. The third kappa shape index (κ3) is 10.8. The lowest BCUT2D eigenvalue weighted by molar-refractivity contribution is 0.0514. The SMILES string of the molecule is C.CCOC(=O)c1cn(CC(C)C)c2cc(Cn3nc(C)cc3C)c(C(=O)N3CCC3)cc2c1=O.CCOC(=O)c1cn(CC(C)C)c2cc(Cn3nc(C)cc3C)c(C(=O)O)cc2c1=O. The first-order chi connectivity index (χ1) is 30.8. The molecule has 1 N–H and O–H groups in total. The Kier molecular flexibility index (Phi) is 15.9. The summed E-state index contributed by atoms with van der Waals surface area (Å²) in [5, 5.41) is 19.4. The summed E-state index contributed by atoms with van der Waals surface area (Å²) in [4.78, 5) is 78.5. The molecule has 0 radical (unpaired) electrons. The molecule has 2 aromatic carbocycles. The second-order valence-corrected chi connectivity index (χ2v) is 17.5. The lowest BCUT2D eigenvalue weighted by Gasteiger charge is -2.31. The monoisotopic (exact) mass is 905 g/mol. The predicted octanol–water partition coefficient (Wildman–Crippen LogP) is 7.57. The second kappa shape index (κ2) is 21.0. The highest BCUT2D eigenvalue weighted by Gasteiger charge is 2.27. The van der Waals surface area contributed by atoms with Crippen LogP contribution in [-0.4, -0.2) is 88.8 Å². The molecule has 1 fully saturated rings. The third-order valence-corrected chi connectivity index (χ3v) is 11.2. The Hall–Kier alpha value is -6.84. The number of nitrogens with zero attached hydrogens (tertiary/aromatic N) is 7. The van der Waals surface area contributed by atoms with E-state index in [1.54, 1.807) is 41.8 Å².